The van der Waals surface area contributed by atoms with Crippen molar-refractivity contribution >= 4 is 23.2 Å². The lowest BCUT2D eigenvalue weighted by molar-refractivity contribution is -0.122. The molecule has 5 heteroatoms. The number of nitrogens with zero attached hydrogens (tertiary/aromatic N) is 1. The van der Waals surface area contributed by atoms with Crippen molar-refractivity contribution in [2.45, 2.75) is 32.1 Å². The van der Waals surface area contributed by atoms with E-state index >= 15 is 0 Å². The summed E-state index contributed by atoms with van der Waals surface area (Å²) in [5.41, 5.74) is 3.40. The van der Waals surface area contributed by atoms with E-state index in [0.29, 0.717) is 11.3 Å². The van der Waals surface area contributed by atoms with Crippen LogP contribution in [0.15, 0.2) is 42.5 Å². The highest BCUT2D eigenvalue weighted by atomic mass is 16.5. The fourth-order valence-electron chi connectivity index (χ4n) is 4.07. The van der Waals surface area contributed by atoms with Gasteiger partial charge in [0, 0.05) is 29.4 Å². The normalized spacial score (nSPS) is 16.3. The van der Waals surface area contributed by atoms with Gasteiger partial charge in [0.25, 0.3) is 5.91 Å². The summed E-state index contributed by atoms with van der Waals surface area (Å²) >= 11 is 0. The summed E-state index contributed by atoms with van der Waals surface area (Å²) in [5, 5.41) is 2.94. The summed E-state index contributed by atoms with van der Waals surface area (Å²) in [6.07, 6.45) is 5.17. The average molecular weight is 364 g/mol. The summed E-state index contributed by atoms with van der Waals surface area (Å²) in [5.74, 6) is 0.922. The van der Waals surface area contributed by atoms with Gasteiger partial charge in [0.15, 0.2) is 0 Å². The SMILES string of the molecule is COc1cccc(C(=O)Nc2ccc3c(c2)CCN3C(=O)C2CCCC2)c1. The molecule has 0 bridgehead atoms. The molecule has 1 N–H and O–H groups in total. The fraction of sp³-hybridized carbons (Fsp3) is 0.364. The minimum atomic E-state index is -0.175. The second kappa shape index (κ2) is 7.43. The van der Waals surface area contributed by atoms with E-state index in [1.165, 1.54) is 0 Å². The Balaban J connectivity index is 1.48. The molecular weight excluding hydrogens is 340 g/mol. The first-order valence-electron chi connectivity index (χ1n) is 9.55. The Morgan fingerprint density at radius 3 is 2.70 bits per heavy atom. The Kier molecular flexibility index (Phi) is 4.84. The monoisotopic (exact) mass is 364 g/mol. The molecule has 4 rings (SSSR count). The van der Waals surface area contributed by atoms with Crippen LogP contribution in [0.1, 0.15) is 41.6 Å². The Bertz CT molecular complexity index is 872. The summed E-state index contributed by atoms with van der Waals surface area (Å²) in [4.78, 5) is 27.2. The maximum atomic E-state index is 12.8. The van der Waals surface area contributed by atoms with Crippen LogP contribution in [0.2, 0.25) is 0 Å². The Hall–Kier alpha value is -2.82. The zero-order valence-electron chi connectivity index (χ0n) is 15.5. The van der Waals surface area contributed by atoms with Gasteiger partial charge in [-0.3, -0.25) is 9.59 Å². The van der Waals surface area contributed by atoms with Crippen LogP contribution in [0.3, 0.4) is 0 Å². The molecular formula is C22H24N2O3. The number of carbonyl (C=O) groups excluding carboxylic acids is 2. The lowest BCUT2D eigenvalue weighted by Crippen LogP contribution is -2.33. The van der Waals surface area contributed by atoms with E-state index in [1.807, 2.05) is 29.2 Å². The van der Waals surface area contributed by atoms with Crippen molar-refractivity contribution in [1.29, 1.82) is 0 Å². The molecule has 2 aliphatic rings. The predicted octanol–water partition coefficient (Wildman–Crippen LogP) is 4.03. The van der Waals surface area contributed by atoms with Crippen molar-refractivity contribution in [3.8, 4) is 5.75 Å². The lowest BCUT2D eigenvalue weighted by Gasteiger charge is -2.21. The van der Waals surface area contributed by atoms with Gasteiger partial charge in [-0.15, -0.1) is 0 Å². The third kappa shape index (κ3) is 3.54. The molecule has 1 fully saturated rings. The summed E-state index contributed by atoms with van der Waals surface area (Å²) in [7, 11) is 1.58. The molecule has 0 atom stereocenters. The molecule has 0 saturated heterocycles. The van der Waals surface area contributed by atoms with Gasteiger partial charge in [0.05, 0.1) is 7.11 Å². The molecule has 5 nitrogen and oxygen atoms in total. The summed E-state index contributed by atoms with van der Waals surface area (Å²) < 4.78 is 5.17. The molecule has 140 valence electrons. The topological polar surface area (TPSA) is 58.6 Å². The average Bonchev–Trinajstić information content (AvgIpc) is 3.37. The maximum Gasteiger partial charge on any atom is 0.255 e. The molecule has 0 aromatic heterocycles. The van der Waals surface area contributed by atoms with Gasteiger partial charge in [-0.2, -0.15) is 0 Å². The van der Waals surface area contributed by atoms with Crippen LogP contribution >= 0.6 is 0 Å². The fourth-order valence-corrected chi connectivity index (χ4v) is 4.07. The van der Waals surface area contributed by atoms with Gasteiger partial charge in [-0.05, 0) is 61.2 Å². The number of rotatable bonds is 4. The first-order chi connectivity index (χ1) is 13.2. The third-order valence-electron chi connectivity index (χ3n) is 5.54. The van der Waals surface area contributed by atoms with Crippen molar-refractivity contribution in [2.24, 2.45) is 5.92 Å². The summed E-state index contributed by atoms with van der Waals surface area (Å²) in [6.45, 7) is 0.734. The van der Waals surface area contributed by atoms with Crippen LogP contribution in [0.25, 0.3) is 0 Å². The first-order valence-corrected chi connectivity index (χ1v) is 9.55. The summed E-state index contributed by atoms with van der Waals surface area (Å²) in [6, 6.07) is 12.9. The van der Waals surface area contributed by atoms with Crippen molar-refractivity contribution < 1.29 is 14.3 Å². The van der Waals surface area contributed by atoms with E-state index in [-0.39, 0.29) is 17.7 Å². The van der Waals surface area contributed by atoms with Crippen LogP contribution in [0.4, 0.5) is 11.4 Å². The van der Waals surface area contributed by atoms with Gasteiger partial charge >= 0.3 is 0 Å². The lowest BCUT2D eigenvalue weighted by atomic mass is 10.1. The van der Waals surface area contributed by atoms with Crippen molar-refractivity contribution in [3.63, 3.8) is 0 Å². The number of methoxy groups -OCH3 is 1. The second-order valence-corrected chi connectivity index (χ2v) is 7.25. The largest absolute Gasteiger partial charge is 0.497 e. The van der Waals surface area contributed by atoms with Crippen molar-refractivity contribution in [2.75, 3.05) is 23.9 Å². The number of fused-ring (bicyclic) bond motifs is 1. The predicted molar refractivity (Wildman–Crippen MR) is 105 cm³/mol. The van der Waals surface area contributed by atoms with E-state index < -0.39 is 0 Å². The van der Waals surface area contributed by atoms with Gasteiger partial charge in [-0.1, -0.05) is 18.9 Å². The number of anilines is 2. The van der Waals surface area contributed by atoms with E-state index in [9.17, 15) is 9.59 Å². The quantitative estimate of drug-likeness (QED) is 0.891. The number of ether oxygens (including phenoxy) is 1. The van der Waals surface area contributed by atoms with Crippen LogP contribution in [0, 0.1) is 5.92 Å². The maximum absolute atomic E-state index is 12.8. The molecule has 1 heterocycles. The zero-order valence-corrected chi connectivity index (χ0v) is 15.5. The van der Waals surface area contributed by atoms with E-state index in [4.69, 9.17) is 4.74 Å². The van der Waals surface area contributed by atoms with Gasteiger partial charge in [-0.25, -0.2) is 0 Å². The molecule has 2 aromatic rings. The highest BCUT2D eigenvalue weighted by Gasteiger charge is 2.31. The van der Waals surface area contributed by atoms with Crippen LogP contribution in [-0.4, -0.2) is 25.5 Å². The minimum Gasteiger partial charge on any atom is -0.497 e. The standard InChI is InChI=1S/C22H24N2O3/c1-27-19-8-4-7-17(14-19)21(25)23-18-9-10-20-16(13-18)11-12-24(20)22(26)15-5-2-3-6-15/h4,7-10,13-15H,2-3,5-6,11-12H2,1H3,(H,23,25). The van der Waals surface area contributed by atoms with E-state index in [2.05, 4.69) is 5.32 Å². The number of hydrogen-bond donors (Lipinski definition) is 1. The molecule has 1 aliphatic carbocycles. The number of carbonyl (C=O) groups is 2. The number of hydrogen-bond acceptors (Lipinski definition) is 3. The number of nitrogens with one attached hydrogen (secondary N) is 1. The van der Waals surface area contributed by atoms with Gasteiger partial charge < -0.3 is 15.0 Å². The first kappa shape index (κ1) is 17.6. The molecule has 0 radical (unpaired) electrons. The van der Waals surface area contributed by atoms with E-state index in [0.717, 1.165) is 55.6 Å². The molecule has 1 aliphatic heterocycles. The Labute approximate surface area is 159 Å². The van der Waals surface area contributed by atoms with E-state index in [1.54, 1.807) is 25.3 Å². The van der Waals surface area contributed by atoms with Crippen LogP contribution < -0.4 is 15.0 Å². The molecule has 2 amide bonds. The molecule has 0 unspecified atom stereocenters. The molecule has 27 heavy (non-hydrogen) atoms. The van der Waals surface area contributed by atoms with Crippen molar-refractivity contribution in [1.82, 2.24) is 0 Å². The zero-order chi connectivity index (χ0) is 18.8. The molecule has 0 spiro atoms. The molecule has 1 saturated carbocycles. The number of amides is 2. The smallest absolute Gasteiger partial charge is 0.255 e. The highest BCUT2D eigenvalue weighted by Crippen LogP contribution is 2.35. The molecule has 2 aromatic carbocycles. The number of benzene rings is 2. The van der Waals surface area contributed by atoms with Crippen LogP contribution in [0.5, 0.6) is 5.75 Å². The minimum absolute atomic E-state index is 0.175. The van der Waals surface area contributed by atoms with Gasteiger partial charge in [0.2, 0.25) is 5.91 Å². The second-order valence-electron chi connectivity index (χ2n) is 7.25. The third-order valence-corrected chi connectivity index (χ3v) is 5.54. The highest BCUT2D eigenvalue weighted by molar-refractivity contribution is 6.05. The van der Waals surface area contributed by atoms with Gasteiger partial charge in [0.1, 0.15) is 5.75 Å². The Morgan fingerprint density at radius 1 is 1.11 bits per heavy atom. The van der Waals surface area contributed by atoms with Crippen molar-refractivity contribution in [3.05, 3.63) is 53.6 Å². The Morgan fingerprint density at radius 2 is 1.93 bits per heavy atom. The van der Waals surface area contributed by atoms with Crippen LogP contribution in [-0.2, 0) is 11.2 Å².